The number of aromatic nitrogens is 2. The van der Waals surface area contributed by atoms with Crippen molar-refractivity contribution in [2.75, 3.05) is 12.9 Å². The molecule has 8 nitrogen and oxygen atoms in total. The summed E-state index contributed by atoms with van der Waals surface area (Å²) in [6, 6.07) is 8.28. The second kappa shape index (κ2) is 12.2. The van der Waals surface area contributed by atoms with E-state index in [-0.39, 0.29) is 6.04 Å². The Morgan fingerprint density at radius 1 is 1.26 bits per heavy atom. The zero-order chi connectivity index (χ0) is 25.4. The molecule has 35 heavy (non-hydrogen) atoms. The van der Waals surface area contributed by atoms with Crippen LogP contribution in [0.3, 0.4) is 0 Å². The Hall–Kier alpha value is -2.81. The minimum atomic E-state index is -0.882. The maximum Gasteiger partial charge on any atom is 0.410 e. The van der Waals surface area contributed by atoms with Crippen LogP contribution < -0.4 is 5.32 Å². The first-order valence-corrected chi connectivity index (χ1v) is 13.2. The lowest BCUT2D eigenvalue weighted by Gasteiger charge is -2.51. The standard InChI is InChI=1S/C26H36N4O4S/c1-5-6-13-21(22(31)23(32)28-19(2)20-11-8-7-9-12-20)30(25(33)34-4)26(14-10-15-26)18-35-24-27-16-17-29(24)3/h7-9,11-12,16-17,19,21H,5-6,10,13-15,18H2,1-4H3,(H,28,32)/t19-,21+/m1/s1. The number of ketones is 1. The van der Waals surface area contributed by atoms with Gasteiger partial charge in [-0.1, -0.05) is 61.9 Å². The molecular weight excluding hydrogens is 464 g/mol. The quantitative estimate of drug-likeness (QED) is 0.340. The maximum atomic E-state index is 13.6. The Balaban J connectivity index is 1.85. The van der Waals surface area contributed by atoms with Gasteiger partial charge in [-0.3, -0.25) is 14.5 Å². The summed E-state index contributed by atoms with van der Waals surface area (Å²) in [5, 5.41) is 3.67. The first kappa shape index (κ1) is 26.8. The van der Waals surface area contributed by atoms with Crippen molar-refractivity contribution in [1.82, 2.24) is 19.8 Å². The number of ether oxygens (including phenoxy) is 1. The minimum absolute atomic E-state index is 0.331. The van der Waals surface area contributed by atoms with Crippen LogP contribution in [0.4, 0.5) is 4.79 Å². The Bertz CT molecular complexity index is 1010. The molecule has 2 amide bonds. The Morgan fingerprint density at radius 2 is 1.97 bits per heavy atom. The van der Waals surface area contributed by atoms with Gasteiger partial charge in [0.25, 0.3) is 5.91 Å². The van der Waals surface area contributed by atoms with Crippen LogP contribution in [0.5, 0.6) is 0 Å². The van der Waals surface area contributed by atoms with Crippen molar-refractivity contribution < 1.29 is 19.1 Å². The average molecular weight is 501 g/mol. The predicted octanol–water partition coefficient (Wildman–Crippen LogP) is 4.51. The van der Waals surface area contributed by atoms with Gasteiger partial charge in [-0.15, -0.1) is 0 Å². The molecule has 0 bridgehead atoms. The van der Waals surface area contributed by atoms with Crippen LogP contribution in [-0.4, -0.2) is 56.7 Å². The molecule has 2 aromatic rings. The number of benzene rings is 1. The van der Waals surface area contributed by atoms with Gasteiger partial charge in [0.2, 0.25) is 5.78 Å². The molecule has 0 unspecified atom stereocenters. The summed E-state index contributed by atoms with van der Waals surface area (Å²) in [5.41, 5.74) is 0.342. The second-order valence-electron chi connectivity index (χ2n) is 9.16. The summed E-state index contributed by atoms with van der Waals surface area (Å²) in [5.74, 6) is -0.701. The topological polar surface area (TPSA) is 93.5 Å². The fourth-order valence-electron chi connectivity index (χ4n) is 4.50. The third kappa shape index (κ3) is 6.25. The normalized spacial score (nSPS) is 16.0. The zero-order valence-electron chi connectivity index (χ0n) is 21.0. The Labute approximate surface area is 211 Å². The minimum Gasteiger partial charge on any atom is -0.453 e. The van der Waals surface area contributed by atoms with Gasteiger partial charge >= 0.3 is 6.09 Å². The van der Waals surface area contributed by atoms with E-state index in [1.54, 1.807) is 22.9 Å². The molecule has 1 aliphatic carbocycles. The van der Waals surface area contributed by atoms with Crippen LogP contribution in [-0.2, 0) is 21.4 Å². The monoisotopic (exact) mass is 500 g/mol. The molecule has 190 valence electrons. The van der Waals surface area contributed by atoms with Crippen LogP contribution in [0.25, 0.3) is 0 Å². The van der Waals surface area contributed by atoms with Crippen LogP contribution in [0.1, 0.15) is 64.0 Å². The molecule has 1 heterocycles. The SMILES string of the molecule is CCCC[C@@H](C(=O)C(=O)N[C@H](C)c1ccccc1)N(C(=O)OC)C1(CSc2nccn2C)CCC1. The van der Waals surface area contributed by atoms with Crippen molar-refractivity contribution in [2.45, 2.75) is 75.2 Å². The molecule has 2 atom stereocenters. The molecule has 0 spiro atoms. The van der Waals surface area contributed by atoms with Crippen molar-refractivity contribution >= 4 is 29.5 Å². The lowest BCUT2D eigenvalue weighted by Crippen LogP contribution is -2.64. The molecule has 1 fully saturated rings. The average Bonchev–Trinajstić information content (AvgIpc) is 3.26. The third-order valence-corrected chi connectivity index (χ3v) is 8.06. The van der Waals surface area contributed by atoms with E-state index in [2.05, 4.69) is 10.3 Å². The highest BCUT2D eigenvalue weighted by Crippen LogP contribution is 2.43. The molecular formula is C26H36N4O4S. The van der Waals surface area contributed by atoms with Gasteiger partial charge < -0.3 is 14.6 Å². The fraction of sp³-hybridized carbons (Fsp3) is 0.538. The number of hydrogen-bond donors (Lipinski definition) is 1. The fourth-order valence-corrected chi connectivity index (χ4v) is 5.72. The summed E-state index contributed by atoms with van der Waals surface area (Å²) in [6.07, 6.45) is 7.45. The van der Waals surface area contributed by atoms with E-state index in [1.165, 1.54) is 7.11 Å². The van der Waals surface area contributed by atoms with E-state index >= 15 is 0 Å². The molecule has 1 aliphatic rings. The third-order valence-electron chi connectivity index (χ3n) is 6.73. The molecule has 1 aromatic carbocycles. The Kier molecular flexibility index (Phi) is 9.37. The van der Waals surface area contributed by atoms with E-state index < -0.39 is 29.4 Å². The van der Waals surface area contributed by atoms with Crippen LogP contribution >= 0.6 is 11.8 Å². The molecule has 0 saturated heterocycles. The number of nitrogens with one attached hydrogen (secondary N) is 1. The summed E-state index contributed by atoms with van der Waals surface area (Å²) in [7, 11) is 3.25. The van der Waals surface area contributed by atoms with Gasteiger partial charge in [0.1, 0.15) is 6.04 Å². The number of unbranched alkanes of at least 4 members (excludes halogenated alkanes) is 1. The number of amides is 2. The van der Waals surface area contributed by atoms with Gasteiger partial charge in [-0.25, -0.2) is 9.78 Å². The van der Waals surface area contributed by atoms with E-state index in [9.17, 15) is 14.4 Å². The molecule has 0 radical (unpaired) electrons. The number of carbonyl (C=O) groups is 3. The number of thioether (sulfide) groups is 1. The highest BCUT2D eigenvalue weighted by Gasteiger charge is 2.51. The van der Waals surface area contributed by atoms with E-state index in [0.717, 1.165) is 36.4 Å². The zero-order valence-corrected chi connectivity index (χ0v) is 21.8. The van der Waals surface area contributed by atoms with Crippen molar-refractivity contribution in [3.63, 3.8) is 0 Å². The molecule has 1 aromatic heterocycles. The smallest absolute Gasteiger partial charge is 0.410 e. The molecule has 0 aliphatic heterocycles. The van der Waals surface area contributed by atoms with Gasteiger partial charge in [-0.05, 0) is 38.2 Å². The maximum absolute atomic E-state index is 13.6. The predicted molar refractivity (Wildman–Crippen MR) is 136 cm³/mol. The van der Waals surface area contributed by atoms with Crippen LogP contribution in [0, 0.1) is 0 Å². The first-order chi connectivity index (χ1) is 16.8. The number of nitrogens with zero attached hydrogens (tertiary/aromatic N) is 3. The largest absolute Gasteiger partial charge is 0.453 e. The van der Waals surface area contributed by atoms with Gasteiger partial charge in [0.05, 0.1) is 18.7 Å². The summed E-state index contributed by atoms with van der Waals surface area (Å²) in [4.78, 5) is 45.8. The van der Waals surface area contributed by atoms with E-state index in [1.807, 2.05) is 62.0 Å². The van der Waals surface area contributed by atoms with Crippen LogP contribution in [0.15, 0.2) is 47.9 Å². The van der Waals surface area contributed by atoms with Crippen molar-refractivity contribution in [2.24, 2.45) is 7.05 Å². The number of methoxy groups -OCH3 is 1. The highest BCUT2D eigenvalue weighted by atomic mass is 32.2. The molecule has 1 saturated carbocycles. The highest BCUT2D eigenvalue weighted by molar-refractivity contribution is 7.99. The number of aryl methyl sites for hydroxylation is 1. The molecule has 1 N–H and O–H groups in total. The first-order valence-electron chi connectivity index (χ1n) is 12.2. The van der Waals surface area contributed by atoms with E-state index in [0.29, 0.717) is 18.6 Å². The number of Topliss-reactive ketones (excluding diaryl/α,β-unsaturated/α-hetero) is 1. The van der Waals surface area contributed by atoms with Gasteiger partial charge in [-0.2, -0.15) is 0 Å². The Morgan fingerprint density at radius 3 is 2.51 bits per heavy atom. The van der Waals surface area contributed by atoms with E-state index in [4.69, 9.17) is 4.74 Å². The van der Waals surface area contributed by atoms with Crippen LogP contribution in [0.2, 0.25) is 0 Å². The number of rotatable bonds is 12. The van der Waals surface area contributed by atoms with Crippen molar-refractivity contribution in [1.29, 1.82) is 0 Å². The number of carbonyl (C=O) groups excluding carboxylic acids is 3. The lowest BCUT2D eigenvalue weighted by molar-refractivity contribution is -0.143. The van der Waals surface area contributed by atoms with Crippen molar-refractivity contribution in [3.05, 3.63) is 48.3 Å². The number of imidazole rings is 1. The van der Waals surface area contributed by atoms with Crippen molar-refractivity contribution in [3.8, 4) is 0 Å². The summed E-state index contributed by atoms with van der Waals surface area (Å²) >= 11 is 1.55. The van der Waals surface area contributed by atoms with Gasteiger partial charge in [0.15, 0.2) is 5.16 Å². The molecule has 9 heteroatoms. The summed E-state index contributed by atoms with van der Waals surface area (Å²) in [6.45, 7) is 3.87. The van der Waals surface area contributed by atoms with Gasteiger partial charge in [0, 0.05) is 25.2 Å². The second-order valence-corrected chi connectivity index (χ2v) is 10.1. The molecule has 3 rings (SSSR count). The summed E-state index contributed by atoms with van der Waals surface area (Å²) < 4.78 is 7.10. The lowest BCUT2D eigenvalue weighted by atomic mass is 9.75. The number of hydrogen-bond acceptors (Lipinski definition) is 6.